The number of nitrogens with two attached hydrogens (primary N) is 1. The van der Waals surface area contributed by atoms with E-state index in [0.717, 1.165) is 0 Å². The first-order valence-electron chi connectivity index (χ1n) is 4.83. The van der Waals surface area contributed by atoms with Gasteiger partial charge in [-0.1, -0.05) is 12.8 Å². The molecule has 0 amide bonds. The second kappa shape index (κ2) is 2.76. The summed E-state index contributed by atoms with van der Waals surface area (Å²) in [6.07, 6.45) is 7.79. The van der Waals surface area contributed by atoms with Crippen molar-refractivity contribution in [3.63, 3.8) is 0 Å². The van der Waals surface area contributed by atoms with Gasteiger partial charge in [0.1, 0.15) is 0 Å². The van der Waals surface area contributed by atoms with Crippen molar-refractivity contribution in [1.82, 2.24) is 5.32 Å². The number of nitrogens with one attached hydrogen (secondary N) is 1. The van der Waals surface area contributed by atoms with Crippen LogP contribution in [0.15, 0.2) is 0 Å². The average Bonchev–Trinajstić information content (AvgIpc) is 2.55. The predicted octanol–water partition coefficient (Wildman–Crippen LogP) is 1.01. The highest BCUT2D eigenvalue weighted by Gasteiger charge is 2.38. The summed E-state index contributed by atoms with van der Waals surface area (Å²) in [6, 6.07) is 0.630. The summed E-state index contributed by atoms with van der Waals surface area (Å²) in [5.41, 5.74) is 6.47. The van der Waals surface area contributed by atoms with Crippen LogP contribution < -0.4 is 11.1 Å². The van der Waals surface area contributed by atoms with Gasteiger partial charge in [0.2, 0.25) is 0 Å². The molecule has 0 aromatic heterocycles. The minimum atomic E-state index is 0.163. The van der Waals surface area contributed by atoms with Gasteiger partial charge in [0, 0.05) is 11.6 Å². The normalized spacial score (nSPS) is 36.3. The van der Waals surface area contributed by atoms with Crippen LogP contribution in [-0.4, -0.2) is 18.1 Å². The summed E-state index contributed by atoms with van der Waals surface area (Å²) in [7, 11) is 0. The number of rotatable bonds is 1. The van der Waals surface area contributed by atoms with E-state index in [4.69, 9.17) is 5.73 Å². The van der Waals surface area contributed by atoms with Crippen molar-refractivity contribution in [2.75, 3.05) is 6.54 Å². The molecule has 0 radical (unpaired) electrons. The molecule has 64 valence electrons. The largest absolute Gasteiger partial charge is 0.324 e. The quantitative estimate of drug-likeness (QED) is 0.591. The van der Waals surface area contributed by atoms with E-state index in [0.29, 0.717) is 6.04 Å². The fraction of sp³-hybridized carbons (Fsp3) is 1.00. The first-order chi connectivity index (χ1) is 5.31. The van der Waals surface area contributed by atoms with Gasteiger partial charge in [0.25, 0.3) is 0 Å². The summed E-state index contributed by atoms with van der Waals surface area (Å²) < 4.78 is 0. The molecule has 2 fully saturated rings. The van der Waals surface area contributed by atoms with Gasteiger partial charge in [-0.2, -0.15) is 0 Å². The fourth-order valence-corrected chi connectivity index (χ4v) is 2.56. The molecule has 2 rings (SSSR count). The average molecular weight is 154 g/mol. The maximum absolute atomic E-state index is 6.30. The molecule has 2 nitrogen and oxygen atoms in total. The molecule has 0 aromatic carbocycles. The van der Waals surface area contributed by atoms with Crippen LogP contribution in [0.5, 0.6) is 0 Å². The van der Waals surface area contributed by atoms with Crippen LogP contribution in [0.4, 0.5) is 0 Å². The SMILES string of the molecule is NC1(C2CCCN2)CCCC1. The van der Waals surface area contributed by atoms with Crippen LogP contribution in [-0.2, 0) is 0 Å². The molecule has 0 aromatic rings. The summed E-state index contributed by atoms with van der Waals surface area (Å²) in [4.78, 5) is 0. The Hall–Kier alpha value is -0.0800. The molecule has 1 aliphatic carbocycles. The monoisotopic (exact) mass is 154 g/mol. The third kappa shape index (κ3) is 1.30. The van der Waals surface area contributed by atoms with E-state index >= 15 is 0 Å². The molecular formula is C9H18N2. The van der Waals surface area contributed by atoms with E-state index in [1.165, 1.54) is 45.1 Å². The summed E-state index contributed by atoms with van der Waals surface area (Å²) >= 11 is 0. The molecule has 1 unspecified atom stereocenters. The van der Waals surface area contributed by atoms with Crippen molar-refractivity contribution < 1.29 is 0 Å². The summed E-state index contributed by atoms with van der Waals surface area (Å²) in [5.74, 6) is 0. The first kappa shape index (κ1) is 7.56. The Morgan fingerprint density at radius 3 is 2.45 bits per heavy atom. The lowest BCUT2D eigenvalue weighted by Gasteiger charge is -2.30. The summed E-state index contributed by atoms with van der Waals surface area (Å²) in [5, 5.41) is 3.51. The number of hydrogen-bond donors (Lipinski definition) is 2. The van der Waals surface area contributed by atoms with Gasteiger partial charge in [-0.3, -0.25) is 0 Å². The zero-order valence-corrected chi connectivity index (χ0v) is 7.10. The highest BCUT2D eigenvalue weighted by Crippen LogP contribution is 2.33. The van der Waals surface area contributed by atoms with Crippen LogP contribution in [0, 0.1) is 0 Å². The van der Waals surface area contributed by atoms with Crippen molar-refractivity contribution in [3.8, 4) is 0 Å². The smallest absolute Gasteiger partial charge is 0.0309 e. The lowest BCUT2D eigenvalue weighted by atomic mass is 9.88. The second-order valence-corrected chi connectivity index (χ2v) is 4.09. The molecule has 2 heteroatoms. The molecule has 1 atom stereocenters. The first-order valence-corrected chi connectivity index (χ1v) is 4.83. The minimum absolute atomic E-state index is 0.163. The zero-order chi connectivity index (χ0) is 7.73. The molecule has 1 saturated carbocycles. The molecule has 1 saturated heterocycles. The van der Waals surface area contributed by atoms with Crippen LogP contribution in [0.25, 0.3) is 0 Å². The van der Waals surface area contributed by atoms with Gasteiger partial charge in [0.15, 0.2) is 0 Å². The van der Waals surface area contributed by atoms with Crippen molar-refractivity contribution in [2.24, 2.45) is 5.73 Å². The molecule has 11 heavy (non-hydrogen) atoms. The third-order valence-corrected chi connectivity index (χ3v) is 3.29. The molecule has 0 bridgehead atoms. The van der Waals surface area contributed by atoms with Gasteiger partial charge in [-0.15, -0.1) is 0 Å². The Balaban J connectivity index is 2.00. The molecule has 1 heterocycles. The minimum Gasteiger partial charge on any atom is -0.324 e. The zero-order valence-electron chi connectivity index (χ0n) is 7.10. The van der Waals surface area contributed by atoms with Gasteiger partial charge in [0.05, 0.1) is 0 Å². The van der Waals surface area contributed by atoms with Crippen LogP contribution >= 0.6 is 0 Å². The van der Waals surface area contributed by atoms with Gasteiger partial charge in [-0.25, -0.2) is 0 Å². The van der Waals surface area contributed by atoms with Crippen molar-refractivity contribution in [3.05, 3.63) is 0 Å². The van der Waals surface area contributed by atoms with Gasteiger partial charge in [-0.05, 0) is 32.2 Å². The topological polar surface area (TPSA) is 38.0 Å². The van der Waals surface area contributed by atoms with Crippen molar-refractivity contribution in [1.29, 1.82) is 0 Å². The third-order valence-electron chi connectivity index (χ3n) is 3.29. The van der Waals surface area contributed by atoms with E-state index in [1.54, 1.807) is 0 Å². The van der Waals surface area contributed by atoms with E-state index in [2.05, 4.69) is 5.32 Å². The van der Waals surface area contributed by atoms with Crippen molar-refractivity contribution in [2.45, 2.75) is 50.1 Å². The van der Waals surface area contributed by atoms with Crippen LogP contribution in [0.3, 0.4) is 0 Å². The highest BCUT2D eigenvalue weighted by molar-refractivity contribution is 5.01. The fourth-order valence-electron chi connectivity index (χ4n) is 2.56. The van der Waals surface area contributed by atoms with Gasteiger partial charge >= 0.3 is 0 Å². The Kier molecular flexibility index (Phi) is 1.90. The standard InChI is InChI=1S/C9H18N2/c10-9(5-1-2-6-9)8-4-3-7-11-8/h8,11H,1-7,10H2. The van der Waals surface area contributed by atoms with Crippen LogP contribution in [0.1, 0.15) is 38.5 Å². The maximum Gasteiger partial charge on any atom is 0.0309 e. The van der Waals surface area contributed by atoms with E-state index < -0.39 is 0 Å². The van der Waals surface area contributed by atoms with Crippen molar-refractivity contribution >= 4 is 0 Å². The Labute approximate surface area is 68.5 Å². The Morgan fingerprint density at radius 2 is 1.91 bits per heavy atom. The molecule has 0 spiro atoms. The molecular weight excluding hydrogens is 136 g/mol. The van der Waals surface area contributed by atoms with Crippen LogP contribution in [0.2, 0.25) is 0 Å². The highest BCUT2D eigenvalue weighted by atomic mass is 15.0. The van der Waals surface area contributed by atoms with E-state index in [9.17, 15) is 0 Å². The lowest BCUT2D eigenvalue weighted by molar-refractivity contribution is 0.326. The summed E-state index contributed by atoms with van der Waals surface area (Å²) in [6.45, 7) is 1.18. The Bertz CT molecular complexity index is 132. The molecule has 1 aliphatic heterocycles. The second-order valence-electron chi connectivity index (χ2n) is 4.09. The van der Waals surface area contributed by atoms with E-state index in [1.807, 2.05) is 0 Å². The Morgan fingerprint density at radius 1 is 1.18 bits per heavy atom. The molecule has 2 aliphatic rings. The molecule has 3 N–H and O–H groups in total. The maximum atomic E-state index is 6.30. The van der Waals surface area contributed by atoms with Gasteiger partial charge < -0.3 is 11.1 Å². The predicted molar refractivity (Wildman–Crippen MR) is 46.4 cm³/mol. The van der Waals surface area contributed by atoms with E-state index in [-0.39, 0.29) is 5.54 Å². The lowest BCUT2D eigenvalue weighted by Crippen LogP contribution is -2.52. The number of hydrogen-bond acceptors (Lipinski definition) is 2.